The molecule has 2 nitrogen and oxygen atoms in total. The largest absolute Gasteiger partial charge is 0.345 e. The molecule has 98 valence electrons. The first-order valence-electron chi connectivity index (χ1n) is 6.17. The highest BCUT2D eigenvalue weighted by Gasteiger charge is 2.31. The highest BCUT2D eigenvalue weighted by Crippen LogP contribution is 2.27. The average molecular weight is 284 g/mol. The van der Waals surface area contributed by atoms with Crippen LogP contribution >= 0.6 is 23.4 Å². The Balaban J connectivity index is 2.10. The first-order chi connectivity index (χ1) is 8.65. The number of carbonyl (C=O) groups excluding carboxylic acids is 1. The Morgan fingerprint density at radius 1 is 1.50 bits per heavy atom. The third-order valence-electron chi connectivity index (χ3n) is 3.38. The van der Waals surface area contributed by atoms with Crippen LogP contribution in [0.1, 0.15) is 18.9 Å². The molecule has 18 heavy (non-hydrogen) atoms. The number of hydrogen-bond acceptors (Lipinski definition) is 2. The molecule has 1 aliphatic heterocycles. The number of halogens is 1. The third kappa shape index (κ3) is 3.01. The SMILES string of the molecule is CC(CCl)(NC(=O)C1CCSC1)c1ccccc1. The molecule has 1 aromatic carbocycles. The lowest BCUT2D eigenvalue weighted by Gasteiger charge is -2.30. The van der Waals surface area contributed by atoms with Crippen LogP contribution in [-0.4, -0.2) is 23.3 Å². The molecule has 2 atom stereocenters. The van der Waals surface area contributed by atoms with Gasteiger partial charge in [0.15, 0.2) is 0 Å². The molecule has 0 spiro atoms. The molecule has 1 aromatic rings. The lowest BCUT2D eigenvalue weighted by Crippen LogP contribution is -2.47. The van der Waals surface area contributed by atoms with Crippen LogP contribution in [0, 0.1) is 5.92 Å². The molecule has 0 bridgehead atoms. The zero-order valence-corrected chi connectivity index (χ0v) is 12.1. The highest BCUT2D eigenvalue weighted by atomic mass is 35.5. The average Bonchev–Trinajstić information content (AvgIpc) is 2.93. The predicted octanol–water partition coefficient (Wildman–Crippen LogP) is 3.01. The van der Waals surface area contributed by atoms with Gasteiger partial charge >= 0.3 is 0 Å². The van der Waals surface area contributed by atoms with Crippen molar-refractivity contribution in [2.75, 3.05) is 17.4 Å². The monoisotopic (exact) mass is 283 g/mol. The van der Waals surface area contributed by atoms with E-state index in [0.29, 0.717) is 5.88 Å². The van der Waals surface area contributed by atoms with E-state index in [0.717, 1.165) is 23.5 Å². The zero-order valence-electron chi connectivity index (χ0n) is 10.5. The number of hydrogen-bond donors (Lipinski definition) is 1. The van der Waals surface area contributed by atoms with Crippen molar-refractivity contribution in [3.63, 3.8) is 0 Å². The molecule has 1 fully saturated rings. The second kappa shape index (κ2) is 5.98. The van der Waals surface area contributed by atoms with Crippen LogP contribution in [0.4, 0.5) is 0 Å². The minimum atomic E-state index is -0.479. The summed E-state index contributed by atoms with van der Waals surface area (Å²) in [5, 5.41) is 3.12. The van der Waals surface area contributed by atoms with Crippen LogP contribution in [0.3, 0.4) is 0 Å². The van der Waals surface area contributed by atoms with Crippen LogP contribution < -0.4 is 5.32 Å². The van der Waals surface area contributed by atoms with Crippen molar-refractivity contribution in [2.45, 2.75) is 18.9 Å². The van der Waals surface area contributed by atoms with Crippen molar-refractivity contribution in [2.24, 2.45) is 5.92 Å². The second-order valence-electron chi connectivity index (χ2n) is 4.88. The van der Waals surface area contributed by atoms with Crippen LogP contribution in [0.25, 0.3) is 0 Å². The Labute approximate surface area is 117 Å². The zero-order chi connectivity index (χ0) is 13.0. The van der Waals surface area contributed by atoms with Crippen molar-refractivity contribution in [3.05, 3.63) is 35.9 Å². The van der Waals surface area contributed by atoms with Crippen molar-refractivity contribution in [1.82, 2.24) is 5.32 Å². The molecule has 1 heterocycles. The third-order valence-corrected chi connectivity index (χ3v) is 5.07. The van der Waals surface area contributed by atoms with Crippen molar-refractivity contribution < 1.29 is 4.79 Å². The van der Waals surface area contributed by atoms with Crippen LogP contribution in [0.15, 0.2) is 30.3 Å². The summed E-state index contributed by atoms with van der Waals surface area (Å²) in [6.45, 7) is 1.98. The molecule has 1 saturated heterocycles. The molecule has 2 rings (SSSR count). The molecule has 1 N–H and O–H groups in total. The number of thioether (sulfide) groups is 1. The summed E-state index contributed by atoms with van der Waals surface area (Å²) in [6, 6.07) is 9.92. The van der Waals surface area contributed by atoms with E-state index < -0.39 is 5.54 Å². The normalized spacial score (nSPS) is 22.4. The minimum Gasteiger partial charge on any atom is -0.345 e. The summed E-state index contributed by atoms with van der Waals surface area (Å²) in [6.07, 6.45) is 0.976. The Kier molecular flexibility index (Phi) is 4.57. The molecule has 1 aliphatic rings. The fourth-order valence-electron chi connectivity index (χ4n) is 2.10. The van der Waals surface area contributed by atoms with E-state index in [4.69, 9.17) is 11.6 Å². The van der Waals surface area contributed by atoms with E-state index in [1.807, 2.05) is 49.0 Å². The predicted molar refractivity (Wildman–Crippen MR) is 78.1 cm³/mol. The molecule has 0 saturated carbocycles. The van der Waals surface area contributed by atoms with E-state index in [1.54, 1.807) is 0 Å². The molecule has 1 amide bonds. The van der Waals surface area contributed by atoms with E-state index in [9.17, 15) is 4.79 Å². The van der Waals surface area contributed by atoms with E-state index in [2.05, 4.69) is 5.32 Å². The van der Waals surface area contributed by atoms with Crippen molar-refractivity contribution in [1.29, 1.82) is 0 Å². The van der Waals surface area contributed by atoms with E-state index in [1.165, 1.54) is 0 Å². The molecule has 0 aliphatic carbocycles. The van der Waals surface area contributed by atoms with Gasteiger partial charge in [0.05, 0.1) is 5.54 Å². The lowest BCUT2D eigenvalue weighted by molar-refractivity contribution is -0.125. The van der Waals surface area contributed by atoms with Gasteiger partial charge in [0.2, 0.25) is 5.91 Å². The number of rotatable bonds is 4. The maximum atomic E-state index is 12.2. The van der Waals surface area contributed by atoms with Gasteiger partial charge in [-0.15, -0.1) is 11.6 Å². The summed E-state index contributed by atoms with van der Waals surface area (Å²) in [5.74, 6) is 2.66. The fraction of sp³-hybridized carbons (Fsp3) is 0.500. The molecule has 4 heteroatoms. The Bertz CT molecular complexity index is 406. The number of nitrogens with one attached hydrogen (secondary N) is 1. The van der Waals surface area contributed by atoms with Crippen LogP contribution in [0.2, 0.25) is 0 Å². The van der Waals surface area contributed by atoms with Crippen molar-refractivity contribution in [3.8, 4) is 0 Å². The molecule has 0 aromatic heterocycles. The molecular weight excluding hydrogens is 266 g/mol. The van der Waals surface area contributed by atoms with Gasteiger partial charge < -0.3 is 5.32 Å². The van der Waals surface area contributed by atoms with Crippen LogP contribution in [0.5, 0.6) is 0 Å². The van der Waals surface area contributed by atoms with Gasteiger partial charge in [0.1, 0.15) is 0 Å². The maximum absolute atomic E-state index is 12.2. The summed E-state index contributed by atoms with van der Waals surface area (Å²) in [5.41, 5.74) is 0.576. The molecular formula is C14H18ClNOS. The summed E-state index contributed by atoms with van der Waals surface area (Å²) in [4.78, 5) is 12.2. The smallest absolute Gasteiger partial charge is 0.224 e. The van der Waals surface area contributed by atoms with E-state index >= 15 is 0 Å². The quantitative estimate of drug-likeness (QED) is 0.861. The summed E-state index contributed by atoms with van der Waals surface area (Å²) in [7, 11) is 0. The Morgan fingerprint density at radius 2 is 2.22 bits per heavy atom. The maximum Gasteiger partial charge on any atom is 0.224 e. The Hall–Kier alpha value is -0.670. The topological polar surface area (TPSA) is 29.1 Å². The number of carbonyl (C=O) groups is 1. The van der Waals surface area contributed by atoms with Gasteiger partial charge in [-0.2, -0.15) is 11.8 Å². The van der Waals surface area contributed by atoms with Gasteiger partial charge in [-0.3, -0.25) is 4.79 Å². The standard InChI is InChI=1S/C14H18ClNOS/c1-14(10-15,12-5-3-2-4-6-12)16-13(17)11-7-8-18-9-11/h2-6,11H,7-10H2,1H3,(H,16,17). The van der Waals surface area contributed by atoms with Gasteiger partial charge in [-0.25, -0.2) is 0 Å². The van der Waals surface area contributed by atoms with Gasteiger partial charge in [-0.1, -0.05) is 30.3 Å². The molecule has 0 radical (unpaired) electrons. The van der Waals surface area contributed by atoms with Gasteiger partial charge in [0.25, 0.3) is 0 Å². The molecule has 2 unspecified atom stereocenters. The number of benzene rings is 1. The van der Waals surface area contributed by atoms with E-state index in [-0.39, 0.29) is 11.8 Å². The van der Waals surface area contributed by atoms with Gasteiger partial charge in [0, 0.05) is 17.6 Å². The minimum absolute atomic E-state index is 0.131. The van der Waals surface area contributed by atoms with Crippen LogP contribution in [-0.2, 0) is 10.3 Å². The lowest BCUT2D eigenvalue weighted by atomic mass is 9.93. The first-order valence-corrected chi connectivity index (χ1v) is 7.86. The summed E-state index contributed by atoms with van der Waals surface area (Å²) < 4.78 is 0. The second-order valence-corrected chi connectivity index (χ2v) is 6.30. The van der Waals surface area contributed by atoms with Gasteiger partial charge in [-0.05, 0) is 24.7 Å². The van der Waals surface area contributed by atoms with Crippen molar-refractivity contribution >= 4 is 29.3 Å². The first kappa shape index (κ1) is 13.8. The Morgan fingerprint density at radius 3 is 2.78 bits per heavy atom. The number of amides is 1. The summed E-state index contributed by atoms with van der Waals surface area (Å²) >= 11 is 7.92. The fourth-order valence-corrected chi connectivity index (χ4v) is 3.55. The number of alkyl halides is 1. The highest BCUT2D eigenvalue weighted by molar-refractivity contribution is 7.99.